The average molecular weight is 337 g/mol. The van der Waals surface area contributed by atoms with Crippen LogP contribution in [0, 0.1) is 0 Å². The van der Waals surface area contributed by atoms with Gasteiger partial charge >= 0.3 is 0 Å². The minimum absolute atomic E-state index is 0.785. The Labute approximate surface area is 150 Å². The number of hydrogen-bond acceptors (Lipinski definition) is 3. The van der Waals surface area contributed by atoms with E-state index >= 15 is 0 Å². The highest BCUT2D eigenvalue weighted by Crippen LogP contribution is 2.32. The predicted octanol–water partition coefficient (Wildman–Crippen LogP) is 5.35. The quantitative estimate of drug-likeness (QED) is 0.446. The molecule has 0 bridgehead atoms. The average Bonchev–Trinajstić information content (AvgIpc) is 3.36. The fourth-order valence-electron chi connectivity index (χ4n) is 3.20. The summed E-state index contributed by atoms with van der Waals surface area (Å²) in [6.45, 7) is 0. The highest BCUT2D eigenvalue weighted by Gasteiger charge is 2.14. The molecule has 5 rings (SSSR count). The van der Waals surface area contributed by atoms with Crippen LogP contribution in [0.15, 0.2) is 95.6 Å². The molecule has 0 radical (unpaired) electrons. The Morgan fingerprint density at radius 1 is 0.731 bits per heavy atom. The Balaban J connectivity index is 1.67. The molecule has 0 saturated heterocycles. The molecule has 4 nitrogen and oxygen atoms in total. The molecule has 0 saturated carbocycles. The van der Waals surface area contributed by atoms with E-state index in [1.165, 1.54) is 0 Å². The molecule has 2 heterocycles. The van der Waals surface area contributed by atoms with Gasteiger partial charge in [-0.1, -0.05) is 59.8 Å². The molecule has 0 spiro atoms. The van der Waals surface area contributed by atoms with E-state index in [0.717, 1.165) is 39.2 Å². The van der Waals surface area contributed by atoms with Crippen LogP contribution in [0.25, 0.3) is 39.2 Å². The smallest absolute Gasteiger partial charge is 0.174 e. The molecule has 5 aromatic rings. The van der Waals surface area contributed by atoms with E-state index in [2.05, 4.69) is 22.4 Å². The van der Waals surface area contributed by atoms with Crippen molar-refractivity contribution in [3.63, 3.8) is 0 Å². The van der Waals surface area contributed by atoms with Crippen molar-refractivity contribution in [2.75, 3.05) is 0 Å². The van der Waals surface area contributed by atoms with Gasteiger partial charge in [0.2, 0.25) is 0 Å². The Kier molecular flexibility index (Phi) is 3.39. The van der Waals surface area contributed by atoms with Crippen LogP contribution in [0.4, 0.5) is 0 Å². The summed E-state index contributed by atoms with van der Waals surface area (Å²) < 4.78 is 7.56. The van der Waals surface area contributed by atoms with E-state index in [4.69, 9.17) is 4.52 Å². The minimum Gasteiger partial charge on any atom is -0.355 e. The Hall–Kier alpha value is -3.66. The third-order valence-corrected chi connectivity index (χ3v) is 4.45. The van der Waals surface area contributed by atoms with Crippen LogP contribution in [-0.4, -0.2) is 14.9 Å². The number of hydrogen-bond donors (Lipinski definition) is 0. The maximum atomic E-state index is 5.62. The standard InChI is InChI=1S/C22H15N3O/c1-3-7-16(8-4-1)22-19-15-17(11-12-20(19)24-26-22)21-13-14-23-25(21)18-9-5-2-6-10-18/h1-15H. The minimum atomic E-state index is 0.785. The van der Waals surface area contributed by atoms with Gasteiger partial charge in [0.15, 0.2) is 5.76 Å². The molecule has 4 heteroatoms. The van der Waals surface area contributed by atoms with Crippen LogP contribution < -0.4 is 0 Å². The first-order chi connectivity index (χ1) is 12.9. The van der Waals surface area contributed by atoms with Gasteiger partial charge in [0.25, 0.3) is 0 Å². The summed E-state index contributed by atoms with van der Waals surface area (Å²) in [6, 6.07) is 28.3. The zero-order valence-corrected chi connectivity index (χ0v) is 13.9. The molecule has 3 aromatic carbocycles. The van der Waals surface area contributed by atoms with Crippen molar-refractivity contribution >= 4 is 10.9 Å². The van der Waals surface area contributed by atoms with Crippen molar-refractivity contribution in [1.29, 1.82) is 0 Å². The molecular formula is C22H15N3O. The highest BCUT2D eigenvalue weighted by atomic mass is 16.5. The molecule has 0 atom stereocenters. The van der Waals surface area contributed by atoms with E-state index in [1.54, 1.807) is 0 Å². The van der Waals surface area contributed by atoms with E-state index in [1.807, 2.05) is 83.7 Å². The number of benzene rings is 3. The molecule has 2 aromatic heterocycles. The molecule has 0 amide bonds. The number of rotatable bonds is 3. The lowest BCUT2D eigenvalue weighted by Gasteiger charge is -2.07. The van der Waals surface area contributed by atoms with Crippen molar-refractivity contribution in [2.24, 2.45) is 0 Å². The number of nitrogens with zero attached hydrogens (tertiary/aromatic N) is 3. The summed E-state index contributed by atoms with van der Waals surface area (Å²) in [5, 5.41) is 9.68. The van der Waals surface area contributed by atoms with Gasteiger partial charge in [0.05, 0.1) is 23.0 Å². The van der Waals surface area contributed by atoms with Crippen LogP contribution in [0.3, 0.4) is 0 Å². The van der Waals surface area contributed by atoms with Gasteiger partial charge in [-0.25, -0.2) is 4.68 Å². The van der Waals surface area contributed by atoms with Crippen molar-refractivity contribution in [1.82, 2.24) is 14.9 Å². The maximum absolute atomic E-state index is 5.62. The van der Waals surface area contributed by atoms with E-state index in [-0.39, 0.29) is 0 Å². The highest BCUT2D eigenvalue weighted by molar-refractivity contribution is 5.94. The molecular weight excluding hydrogens is 322 g/mol. The Morgan fingerprint density at radius 2 is 1.50 bits per heavy atom. The largest absolute Gasteiger partial charge is 0.355 e. The summed E-state index contributed by atoms with van der Waals surface area (Å²) >= 11 is 0. The molecule has 0 aliphatic heterocycles. The van der Waals surface area contributed by atoms with Crippen molar-refractivity contribution < 1.29 is 4.52 Å². The normalized spacial score (nSPS) is 11.1. The van der Waals surface area contributed by atoms with Gasteiger partial charge in [0, 0.05) is 11.1 Å². The summed E-state index contributed by atoms with van der Waals surface area (Å²) in [5.41, 5.74) is 4.99. The predicted molar refractivity (Wildman–Crippen MR) is 102 cm³/mol. The molecule has 26 heavy (non-hydrogen) atoms. The first-order valence-electron chi connectivity index (χ1n) is 8.45. The van der Waals surface area contributed by atoms with Gasteiger partial charge in [-0.05, 0) is 30.3 Å². The zero-order valence-electron chi connectivity index (χ0n) is 13.9. The fourth-order valence-corrected chi connectivity index (χ4v) is 3.20. The molecule has 0 N–H and O–H groups in total. The third-order valence-electron chi connectivity index (χ3n) is 4.45. The topological polar surface area (TPSA) is 43.9 Å². The SMILES string of the molecule is c1ccc(-c2onc3ccc(-c4ccnn4-c4ccccc4)cc23)cc1. The van der Waals surface area contributed by atoms with Crippen LogP contribution in [0.1, 0.15) is 0 Å². The number of fused-ring (bicyclic) bond motifs is 1. The molecule has 124 valence electrons. The van der Waals surface area contributed by atoms with E-state index in [0.29, 0.717) is 0 Å². The van der Waals surface area contributed by atoms with Crippen molar-refractivity contribution in [2.45, 2.75) is 0 Å². The van der Waals surface area contributed by atoms with Crippen LogP contribution >= 0.6 is 0 Å². The van der Waals surface area contributed by atoms with E-state index in [9.17, 15) is 0 Å². The summed E-state index contributed by atoms with van der Waals surface area (Å²) in [4.78, 5) is 0. The molecule has 0 aliphatic carbocycles. The van der Waals surface area contributed by atoms with Crippen LogP contribution in [0.2, 0.25) is 0 Å². The Bertz CT molecular complexity index is 1170. The second-order valence-corrected chi connectivity index (χ2v) is 6.07. The van der Waals surface area contributed by atoms with Crippen LogP contribution in [0.5, 0.6) is 0 Å². The number of aromatic nitrogens is 3. The maximum Gasteiger partial charge on any atom is 0.174 e. The first kappa shape index (κ1) is 14.7. The molecule has 0 unspecified atom stereocenters. The molecule has 0 fully saturated rings. The van der Waals surface area contributed by atoms with Crippen LogP contribution in [-0.2, 0) is 0 Å². The zero-order chi connectivity index (χ0) is 17.3. The van der Waals surface area contributed by atoms with Gasteiger partial charge < -0.3 is 4.52 Å². The van der Waals surface area contributed by atoms with Gasteiger partial charge in [0.1, 0.15) is 5.52 Å². The monoisotopic (exact) mass is 337 g/mol. The first-order valence-corrected chi connectivity index (χ1v) is 8.45. The third kappa shape index (κ3) is 2.40. The van der Waals surface area contributed by atoms with E-state index < -0.39 is 0 Å². The van der Waals surface area contributed by atoms with Gasteiger partial charge in [-0.15, -0.1) is 0 Å². The van der Waals surface area contributed by atoms with Crippen molar-refractivity contribution in [3.05, 3.63) is 91.1 Å². The fraction of sp³-hybridized carbons (Fsp3) is 0. The van der Waals surface area contributed by atoms with Crippen molar-refractivity contribution in [3.8, 4) is 28.3 Å². The summed E-state index contributed by atoms with van der Waals surface area (Å²) in [6.07, 6.45) is 1.82. The summed E-state index contributed by atoms with van der Waals surface area (Å²) in [7, 11) is 0. The summed E-state index contributed by atoms with van der Waals surface area (Å²) in [5.74, 6) is 0.785. The lowest BCUT2D eigenvalue weighted by atomic mass is 10.0. The second kappa shape index (κ2) is 6.01. The lowest BCUT2D eigenvalue weighted by molar-refractivity contribution is 0.441. The number of para-hydroxylation sites is 1. The van der Waals surface area contributed by atoms with Gasteiger partial charge in [-0.3, -0.25) is 0 Å². The Morgan fingerprint density at radius 3 is 2.31 bits per heavy atom. The molecule has 0 aliphatic rings. The van der Waals surface area contributed by atoms with Gasteiger partial charge in [-0.2, -0.15) is 5.10 Å². The lowest BCUT2D eigenvalue weighted by Crippen LogP contribution is -1.98. The second-order valence-electron chi connectivity index (χ2n) is 6.07.